The number of nitrogens with one attached hydrogen (secondary N) is 2. The standard InChI is InChI=1S/C24H27F3N4O/c1-4-5-6-17-7-9-19(10-8-17)30-23-28-15-21(24(25,26)27)22(31-23)29-18-11-13-20(14-12-18)32-16(2)3/h7-16H,4-6H2,1-3H3,(H2,28,29,30,31). The number of rotatable bonds is 9. The first-order valence-corrected chi connectivity index (χ1v) is 10.6. The lowest BCUT2D eigenvalue weighted by atomic mass is 10.1. The van der Waals surface area contributed by atoms with Gasteiger partial charge in [0.2, 0.25) is 5.95 Å². The number of hydrogen-bond donors (Lipinski definition) is 2. The van der Waals surface area contributed by atoms with Gasteiger partial charge in [-0.05, 0) is 68.7 Å². The van der Waals surface area contributed by atoms with E-state index in [1.807, 2.05) is 38.1 Å². The Morgan fingerprint density at radius 2 is 1.56 bits per heavy atom. The molecule has 0 spiro atoms. The predicted molar refractivity (Wildman–Crippen MR) is 121 cm³/mol. The summed E-state index contributed by atoms with van der Waals surface area (Å²) in [6.45, 7) is 5.93. The molecule has 1 heterocycles. The molecule has 0 bridgehead atoms. The lowest BCUT2D eigenvalue weighted by Crippen LogP contribution is -2.12. The second-order valence-corrected chi connectivity index (χ2v) is 7.70. The van der Waals surface area contributed by atoms with Crippen molar-refractivity contribution in [3.8, 4) is 5.75 Å². The number of anilines is 4. The largest absolute Gasteiger partial charge is 0.491 e. The molecule has 0 aliphatic carbocycles. The fourth-order valence-corrected chi connectivity index (χ4v) is 3.04. The molecule has 3 aromatic rings. The third kappa shape index (κ3) is 6.60. The molecule has 0 saturated heterocycles. The molecular formula is C24H27F3N4O. The van der Waals surface area contributed by atoms with Gasteiger partial charge in [0, 0.05) is 17.6 Å². The minimum atomic E-state index is -4.59. The number of alkyl halides is 3. The van der Waals surface area contributed by atoms with Crippen LogP contribution in [0.2, 0.25) is 0 Å². The zero-order valence-electron chi connectivity index (χ0n) is 18.3. The number of nitrogens with zero attached hydrogens (tertiary/aromatic N) is 2. The molecule has 0 unspecified atom stereocenters. The van der Waals surface area contributed by atoms with Gasteiger partial charge in [0.25, 0.3) is 0 Å². The first-order chi connectivity index (χ1) is 15.2. The van der Waals surface area contributed by atoms with Crippen molar-refractivity contribution in [3.05, 3.63) is 65.9 Å². The summed E-state index contributed by atoms with van der Waals surface area (Å²) >= 11 is 0. The molecular weight excluding hydrogens is 417 g/mol. The van der Waals surface area contributed by atoms with Crippen molar-refractivity contribution in [2.45, 2.75) is 52.3 Å². The summed E-state index contributed by atoms with van der Waals surface area (Å²) < 4.78 is 46.1. The fraction of sp³-hybridized carbons (Fsp3) is 0.333. The maximum atomic E-state index is 13.5. The van der Waals surface area contributed by atoms with Gasteiger partial charge in [-0.15, -0.1) is 0 Å². The van der Waals surface area contributed by atoms with E-state index >= 15 is 0 Å². The maximum Gasteiger partial charge on any atom is 0.421 e. The Morgan fingerprint density at radius 1 is 0.938 bits per heavy atom. The van der Waals surface area contributed by atoms with E-state index in [0.29, 0.717) is 17.1 Å². The molecule has 32 heavy (non-hydrogen) atoms. The highest BCUT2D eigenvalue weighted by atomic mass is 19.4. The van der Waals surface area contributed by atoms with Crippen LogP contribution in [0.1, 0.15) is 44.7 Å². The molecule has 170 valence electrons. The third-order valence-corrected chi connectivity index (χ3v) is 4.61. The van der Waals surface area contributed by atoms with Crippen LogP contribution >= 0.6 is 0 Å². The summed E-state index contributed by atoms with van der Waals surface area (Å²) in [7, 11) is 0. The van der Waals surface area contributed by atoms with E-state index in [2.05, 4.69) is 27.5 Å². The summed E-state index contributed by atoms with van der Waals surface area (Å²) in [5.41, 5.74) is 1.42. The van der Waals surface area contributed by atoms with Crippen molar-refractivity contribution in [2.75, 3.05) is 10.6 Å². The van der Waals surface area contributed by atoms with Crippen LogP contribution in [0, 0.1) is 0 Å². The van der Waals surface area contributed by atoms with Crippen LogP contribution in [0.25, 0.3) is 0 Å². The van der Waals surface area contributed by atoms with Crippen LogP contribution in [0.4, 0.5) is 36.3 Å². The molecule has 0 atom stereocenters. The van der Waals surface area contributed by atoms with E-state index in [0.717, 1.165) is 25.5 Å². The molecule has 8 heteroatoms. The third-order valence-electron chi connectivity index (χ3n) is 4.61. The van der Waals surface area contributed by atoms with Gasteiger partial charge in [-0.3, -0.25) is 0 Å². The molecule has 0 aliphatic rings. The SMILES string of the molecule is CCCCc1ccc(Nc2ncc(C(F)(F)F)c(Nc3ccc(OC(C)C)cc3)n2)cc1. The highest BCUT2D eigenvalue weighted by Crippen LogP contribution is 2.35. The highest BCUT2D eigenvalue weighted by molar-refractivity contribution is 5.63. The van der Waals surface area contributed by atoms with E-state index in [1.54, 1.807) is 24.3 Å². The monoisotopic (exact) mass is 444 g/mol. The van der Waals surface area contributed by atoms with Gasteiger partial charge in [-0.1, -0.05) is 25.5 Å². The van der Waals surface area contributed by atoms with Crippen LogP contribution in [-0.4, -0.2) is 16.1 Å². The molecule has 0 saturated carbocycles. The molecule has 2 aromatic carbocycles. The van der Waals surface area contributed by atoms with Crippen molar-refractivity contribution in [2.24, 2.45) is 0 Å². The minimum absolute atomic E-state index is 0.00171. The second-order valence-electron chi connectivity index (χ2n) is 7.70. The van der Waals surface area contributed by atoms with Gasteiger partial charge in [0.15, 0.2) is 0 Å². The summed E-state index contributed by atoms with van der Waals surface area (Å²) in [6.07, 6.45) is -0.604. The van der Waals surface area contributed by atoms with E-state index in [-0.39, 0.29) is 17.9 Å². The smallest absolute Gasteiger partial charge is 0.421 e. The number of hydrogen-bond acceptors (Lipinski definition) is 5. The number of benzene rings is 2. The average molecular weight is 445 g/mol. The second kappa shape index (κ2) is 10.3. The van der Waals surface area contributed by atoms with Crippen LogP contribution in [0.5, 0.6) is 5.75 Å². The summed E-state index contributed by atoms with van der Waals surface area (Å²) in [5, 5.41) is 5.72. The van der Waals surface area contributed by atoms with Crippen molar-refractivity contribution >= 4 is 23.1 Å². The maximum absolute atomic E-state index is 13.5. The Hall–Kier alpha value is -3.29. The summed E-state index contributed by atoms with van der Waals surface area (Å²) in [6, 6.07) is 14.4. The van der Waals surface area contributed by atoms with E-state index in [9.17, 15) is 13.2 Å². The Kier molecular flexibility index (Phi) is 7.56. The molecule has 2 N–H and O–H groups in total. The Morgan fingerprint density at radius 3 is 2.16 bits per heavy atom. The molecule has 0 radical (unpaired) electrons. The Bertz CT molecular complexity index is 1000. The molecule has 0 fully saturated rings. The van der Waals surface area contributed by atoms with Crippen molar-refractivity contribution in [1.82, 2.24) is 9.97 Å². The normalized spacial score (nSPS) is 11.5. The zero-order chi connectivity index (χ0) is 23.1. The van der Waals surface area contributed by atoms with Gasteiger partial charge < -0.3 is 15.4 Å². The van der Waals surface area contributed by atoms with Crippen molar-refractivity contribution in [3.63, 3.8) is 0 Å². The number of unbranched alkanes of at least 4 members (excludes halogenated alkanes) is 1. The minimum Gasteiger partial charge on any atom is -0.491 e. The van der Waals surface area contributed by atoms with Crippen LogP contribution in [0.15, 0.2) is 54.7 Å². The molecule has 0 amide bonds. The van der Waals surface area contributed by atoms with Gasteiger partial charge in [-0.25, -0.2) is 4.98 Å². The molecule has 1 aromatic heterocycles. The van der Waals surface area contributed by atoms with Crippen molar-refractivity contribution in [1.29, 1.82) is 0 Å². The average Bonchev–Trinajstić information content (AvgIpc) is 2.74. The van der Waals surface area contributed by atoms with Crippen LogP contribution in [0.3, 0.4) is 0 Å². The number of aryl methyl sites for hydroxylation is 1. The van der Waals surface area contributed by atoms with Crippen molar-refractivity contribution < 1.29 is 17.9 Å². The topological polar surface area (TPSA) is 59.1 Å². The van der Waals surface area contributed by atoms with Gasteiger partial charge >= 0.3 is 6.18 Å². The first-order valence-electron chi connectivity index (χ1n) is 10.6. The molecule has 5 nitrogen and oxygen atoms in total. The Balaban J connectivity index is 1.80. The lowest BCUT2D eigenvalue weighted by Gasteiger charge is -2.15. The molecule has 0 aliphatic heterocycles. The number of ether oxygens (including phenoxy) is 1. The summed E-state index contributed by atoms with van der Waals surface area (Å²) in [5.74, 6) is 0.377. The fourth-order valence-electron chi connectivity index (χ4n) is 3.04. The predicted octanol–water partition coefficient (Wildman–Crippen LogP) is 7.11. The van der Waals surface area contributed by atoms with E-state index < -0.39 is 11.7 Å². The van der Waals surface area contributed by atoms with Gasteiger partial charge in [0.1, 0.15) is 17.1 Å². The lowest BCUT2D eigenvalue weighted by molar-refractivity contribution is -0.137. The number of aromatic nitrogens is 2. The van der Waals surface area contributed by atoms with E-state index in [1.165, 1.54) is 5.56 Å². The number of halogens is 3. The summed E-state index contributed by atoms with van der Waals surface area (Å²) in [4.78, 5) is 7.95. The van der Waals surface area contributed by atoms with Crippen LogP contribution < -0.4 is 15.4 Å². The molecule has 3 rings (SSSR count). The van der Waals surface area contributed by atoms with Gasteiger partial charge in [-0.2, -0.15) is 18.2 Å². The highest BCUT2D eigenvalue weighted by Gasteiger charge is 2.35. The van der Waals surface area contributed by atoms with Gasteiger partial charge in [0.05, 0.1) is 6.10 Å². The Labute approximate surface area is 186 Å². The zero-order valence-corrected chi connectivity index (χ0v) is 18.3. The van der Waals surface area contributed by atoms with E-state index in [4.69, 9.17) is 4.74 Å². The van der Waals surface area contributed by atoms with Crippen LogP contribution in [-0.2, 0) is 12.6 Å². The quantitative estimate of drug-likeness (QED) is 0.368. The first kappa shape index (κ1) is 23.4.